The highest BCUT2D eigenvalue weighted by Crippen LogP contribution is 2.09. The molecule has 1 atom stereocenters. The van der Waals surface area contributed by atoms with E-state index in [2.05, 4.69) is 48.1 Å². The van der Waals surface area contributed by atoms with E-state index in [1.54, 1.807) is 6.33 Å². The van der Waals surface area contributed by atoms with Crippen molar-refractivity contribution in [2.75, 3.05) is 19.6 Å². The molecule has 0 radical (unpaired) electrons. The van der Waals surface area contributed by atoms with Crippen molar-refractivity contribution in [2.45, 2.75) is 52.6 Å². The molecule has 0 aliphatic rings. The van der Waals surface area contributed by atoms with Gasteiger partial charge in [0.15, 0.2) is 0 Å². The summed E-state index contributed by atoms with van der Waals surface area (Å²) in [6.07, 6.45) is 3.45. The van der Waals surface area contributed by atoms with E-state index < -0.39 is 0 Å². The van der Waals surface area contributed by atoms with Crippen LogP contribution in [0.1, 0.15) is 46.0 Å². The first-order chi connectivity index (χ1) is 9.12. The summed E-state index contributed by atoms with van der Waals surface area (Å²) in [5.74, 6) is 6.66. The Labute approximate surface area is 116 Å². The molecule has 1 aromatic rings. The lowest BCUT2D eigenvalue weighted by Crippen LogP contribution is -2.40. The molecule has 0 aromatic carbocycles. The number of hydrazine groups is 1. The number of hydrogen-bond donors (Lipinski definition) is 2. The molecular formula is C13H28N6. The number of nitrogens with zero attached hydrogens (tertiary/aromatic N) is 4. The molecule has 0 aliphatic heterocycles. The van der Waals surface area contributed by atoms with Crippen LogP contribution in [0.15, 0.2) is 6.33 Å². The molecule has 0 saturated carbocycles. The second-order valence-electron chi connectivity index (χ2n) is 5.10. The molecule has 1 heterocycles. The Balaban J connectivity index is 2.54. The van der Waals surface area contributed by atoms with Gasteiger partial charge in [0.2, 0.25) is 0 Å². The van der Waals surface area contributed by atoms with Crippen LogP contribution in [-0.2, 0) is 6.42 Å². The highest BCUT2D eigenvalue weighted by molar-refractivity contribution is 4.91. The van der Waals surface area contributed by atoms with Crippen LogP contribution < -0.4 is 11.3 Å². The summed E-state index contributed by atoms with van der Waals surface area (Å²) < 4.78 is 1.96. The zero-order valence-electron chi connectivity index (χ0n) is 12.6. The smallest absolute Gasteiger partial charge is 0.138 e. The van der Waals surface area contributed by atoms with Crippen molar-refractivity contribution < 1.29 is 0 Å². The lowest BCUT2D eigenvalue weighted by Gasteiger charge is -2.22. The normalized spacial score (nSPS) is 13.4. The lowest BCUT2D eigenvalue weighted by molar-refractivity contribution is 0.279. The lowest BCUT2D eigenvalue weighted by atomic mass is 10.1. The minimum atomic E-state index is 0.238. The molecule has 0 fully saturated rings. The summed E-state index contributed by atoms with van der Waals surface area (Å²) in [5, 5.41) is 4.26. The predicted octanol–water partition coefficient (Wildman–Crippen LogP) is 0.965. The third-order valence-corrected chi connectivity index (χ3v) is 3.49. The molecule has 0 aliphatic carbocycles. The van der Waals surface area contributed by atoms with E-state index in [1.165, 1.54) is 0 Å². The fourth-order valence-electron chi connectivity index (χ4n) is 2.19. The molecule has 0 bridgehead atoms. The molecule has 0 amide bonds. The second kappa shape index (κ2) is 8.24. The van der Waals surface area contributed by atoms with Crippen molar-refractivity contribution in [3.63, 3.8) is 0 Å². The quantitative estimate of drug-likeness (QED) is 0.516. The van der Waals surface area contributed by atoms with Crippen LogP contribution in [0.5, 0.6) is 0 Å². The highest BCUT2D eigenvalue weighted by atomic mass is 15.3. The van der Waals surface area contributed by atoms with E-state index in [-0.39, 0.29) is 6.04 Å². The average molecular weight is 268 g/mol. The monoisotopic (exact) mass is 268 g/mol. The van der Waals surface area contributed by atoms with Gasteiger partial charge in [-0.15, -0.1) is 0 Å². The Morgan fingerprint density at radius 1 is 1.37 bits per heavy atom. The van der Waals surface area contributed by atoms with Gasteiger partial charge in [0, 0.05) is 18.5 Å². The van der Waals surface area contributed by atoms with E-state index in [9.17, 15) is 0 Å². The predicted molar refractivity (Wildman–Crippen MR) is 77.6 cm³/mol. The standard InChI is InChI=1S/C13H28N6/c1-5-18(6-2)8-7-12(17-14)9-13-15-10-16-19(13)11(3)4/h10-12,17H,5-9,14H2,1-4H3. The molecule has 0 saturated heterocycles. The third-order valence-electron chi connectivity index (χ3n) is 3.49. The zero-order valence-corrected chi connectivity index (χ0v) is 12.6. The minimum absolute atomic E-state index is 0.238. The molecule has 1 rings (SSSR count). The van der Waals surface area contributed by atoms with Crippen LogP contribution in [0, 0.1) is 0 Å². The fourth-order valence-corrected chi connectivity index (χ4v) is 2.19. The largest absolute Gasteiger partial charge is 0.304 e. The highest BCUT2D eigenvalue weighted by Gasteiger charge is 2.15. The van der Waals surface area contributed by atoms with Gasteiger partial charge >= 0.3 is 0 Å². The molecule has 19 heavy (non-hydrogen) atoms. The van der Waals surface area contributed by atoms with E-state index in [0.717, 1.165) is 38.3 Å². The van der Waals surface area contributed by atoms with Crippen molar-refractivity contribution in [3.8, 4) is 0 Å². The first kappa shape index (κ1) is 16.1. The van der Waals surface area contributed by atoms with Gasteiger partial charge in [-0.2, -0.15) is 5.10 Å². The Morgan fingerprint density at radius 3 is 2.58 bits per heavy atom. The van der Waals surface area contributed by atoms with Gasteiger partial charge in [0.1, 0.15) is 12.2 Å². The minimum Gasteiger partial charge on any atom is -0.304 e. The third kappa shape index (κ3) is 4.89. The molecule has 1 aromatic heterocycles. The SMILES string of the molecule is CCN(CC)CCC(Cc1ncnn1C(C)C)NN. The molecule has 6 heteroatoms. The van der Waals surface area contributed by atoms with Crippen LogP contribution >= 0.6 is 0 Å². The van der Waals surface area contributed by atoms with Crippen LogP contribution in [0.4, 0.5) is 0 Å². The van der Waals surface area contributed by atoms with E-state index in [1.807, 2.05) is 4.68 Å². The molecule has 3 N–H and O–H groups in total. The van der Waals surface area contributed by atoms with Gasteiger partial charge in [0.05, 0.1) is 0 Å². The number of nitrogens with two attached hydrogens (primary N) is 1. The summed E-state index contributed by atoms with van der Waals surface area (Å²) in [5.41, 5.74) is 2.90. The van der Waals surface area contributed by atoms with Crippen molar-refractivity contribution in [1.82, 2.24) is 25.1 Å². The van der Waals surface area contributed by atoms with Crippen molar-refractivity contribution in [1.29, 1.82) is 0 Å². The van der Waals surface area contributed by atoms with Crippen LogP contribution in [-0.4, -0.2) is 45.3 Å². The topological polar surface area (TPSA) is 72.0 Å². The first-order valence-electron chi connectivity index (χ1n) is 7.19. The summed E-state index contributed by atoms with van der Waals surface area (Å²) in [6.45, 7) is 11.8. The molecule has 0 spiro atoms. The Morgan fingerprint density at radius 2 is 2.05 bits per heavy atom. The van der Waals surface area contributed by atoms with Crippen molar-refractivity contribution in [3.05, 3.63) is 12.2 Å². The van der Waals surface area contributed by atoms with Gasteiger partial charge in [-0.25, -0.2) is 9.67 Å². The van der Waals surface area contributed by atoms with Crippen LogP contribution in [0.3, 0.4) is 0 Å². The maximum absolute atomic E-state index is 5.66. The summed E-state index contributed by atoms with van der Waals surface area (Å²) >= 11 is 0. The van der Waals surface area contributed by atoms with Gasteiger partial charge in [0.25, 0.3) is 0 Å². The zero-order chi connectivity index (χ0) is 14.3. The van der Waals surface area contributed by atoms with E-state index >= 15 is 0 Å². The van der Waals surface area contributed by atoms with Crippen molar-refractivity contribution in [2.24, 2.45) is 5.84 Å². The van der Waals surface area contributed by atoms with Gasteiger partial charge in [-0.3, -0.25) is 11.3 Å². The first-order valence-corrected chi connectivity index (χ1v) is 7.19. The molecule has 6 nitrogen and oxygen atoms in total. The maximum Gasteiger partial charge on any atom is 0.138 e. The van der Waals surface area contributed by atoms with E-state index in [4.69, 9.17) is 5.84 Å². The summed E-state index contributed by atoms with van der Waals surface area (Å²) in [4.78, 5) is 6.74. The second-order valence-corrected chi connectivity index (χ2v) is 5.10. The van der Waals surface area contributed by atoms with Gasteiger partial charge in [-0.05, 0) is 39.9 Å². The Kier molecular flexibility index (Phi) is 6.97. The van der Waals surface area contributed by atoms with Gasteiger partial charge < -0.3 is 4.90 Å². The van der Waals surface area contributed by atoms with Gasteiger partial charge in [-0.1, -0.05) is 13.8 Å². The Bertz CT molecular complexity index is 345. The van der Waals surface area contributed by atoms with Crippen LogP contribution in [0.2, 0.25) is 0 Å². The summed E-state index contributed by atoms with van der Waals surface area (Å²) in [6, 6.07) is 0.570. The number of nitrogens with one attached hydrogen (secondary N) is 1. The summed E-state index contributed by atoms with van der Waals surface area (Å²) in [7, 11) is 0. The maximum atomic E-state index is 5.66. The Hall–Kier alpha value is -0.980. The average Bonchev–Trinajstić information content (AvgIpc) is 2.86. The fraction of sp³-hybridized carbons (Fsp3) is 0.846. The molecule has 110 valence electrons. The number of hydrogen-bond acceptors (Lipinski definition) is 5. The van der Waals surface area contributed by atoms with Crippen LogP contribution in [0.25, 0.3) is 0 Å². The van der Waals surface area contributed by atoms with Crippen molar-refractivity contribution >= 4 is 0 Å². The molecular weight excluding hydrogens is 240 g/mol. The number of rotatable bonds is 9. The van der Waals surface area contributed by atoms with E-state index in [0.29, 0.717) is 6.04 Å². The number of aromatic nitrogens is 3. The molecule has 1 unspecified atom stereocenters.